The molecule has 2 aromatic carbocycles. The standard InChI is InChI=1S/C24H34O3S.H2O/c1-2-3-4-5-6-7-8-9-10-14-18-23-22(21-16-12-11-13-17-21)19-15-20-24(23)28(25,26)27;/h11-13,15-17,19-20H,2-10,14,18H2,1H3,(H,25,26,27);1H2. The van der Waals surface area contributed by atoms with E-state index in [-0.39, 0.29) is 10.4 Å². The Morgan fingerprint density at radius 2 is 1.28 bits per heavy atom. The van der Waals surface area contributed by atoms with Gasteiger partial charge in [0.1, 0.15) is 0 Å². The molecule has 0 fully saturated rings. The summed E-state index contributed by atoms with van der Waals surface area (Å²) in [7, 11) is -4.23. The lowest BCUT2D eigenvalue weighted by atomic mass is 9.95. The van der Waals surface area contributed by atoms with Crippen LogP contribution in [-0.4, -0.2) is 18.4 Å². The van der Waals surface area contributed by atoms with Crippen LogP contribution in [0.5, 0.6) is 0 Å². The predicted molar refractivity (Wildman–Crippen MR) is 121 cm³/mol. The minimum atomic E-state index is -4.23. The molecular formula is C24H36O4S. The molecule has 0 unspecified atom stereocenters. The van der Waals surface area contributed by atoms with E-state index in [2.05, 4.69) is 6.92 Å². The van der Waals surface area contributed by atoms with Crippen molar-refractivity contribution in [3.05, 3.63) is 54.1 Å². The Hall–Kier alpha value is -1.69. The van der Waals surface area contributed by atoms with Crippen LogP contribution in [0.2, 0.25) is 0 Å². The summed E-state index contributed by atoms with van der Waals surface area (Å²) in [6.07, 6.45) is 13.1. The molecule has 0 spiro atoms. The van der Waals surface area contributed by atoms with E-state index in [1.165, 1.54) is 57.4 Å². The molecule has 0 aliphatic rings. The Kier molecular flexibility index (Phi) is 11.8. The van der Waals surface area contributed by atoms with Gasteiger partial charge in [0.25, 0.3) is 10.1 Å². The van der Waals surface area contributed by atoms with Crippen LogP contribution in [0.15, 0.2) is 53.4 Å². The fourth-order valence-electron chi connectivity index (χ4n) is 3.74. The van der Waals surface area contributed by atoms with Crippen molar-refractivity contribution in [1.29, 1.82) is 0 Å². The van der Waals surface area contributed by atoms with Crippen LogP contribution in [0.4, 0.5) is 0 Å². The van der Waals surface area contributed by atoms with Crippen LogP contribution in [0.25, 0.3) is 11.1 Å². The number of unbranched alkanes of at least 4 members (excludes halogenated alkanes) is 9. The minimum absolute atomic E-state index is 0. The topological polar surface area (TPSA) is 85.9 Å². The molecule has 0 saturated heterocycles. The van der Waals surface area contributed by atoms with Crippen LogP contribution in [0.1, 0.15) is 76.7 Å². The largest absolute Gasteiger partial charge is 0.412 e. The normalized spacial score (nSPS) is 11.2. The predicted octanol–water partition coefficient (Wildman–Crippen LogP) is 6.24. The summed E-state index contributed by atoms with van der Waals surface area (Å²) in [6, 6.07) is 14.9. The van der Waals surface area contributed by atoms with E-state index < -0.39 is 10.1 Å². The van der Waals surface area contributed by atoms with Gasteiger partial charge in [0.2, 0.25) is 0 Å². The maximum absolute atomic E-state index is 11.9. The second kappa shape index (κ2) is 13.5. The summed E-state index contributed by atoms with van der Waals surface area (Å²) < 4.78 is 33.4. The molecule has 0 aliphatic carbocycles. The van der Waals surface area contributed by atoms with E-state index in [0.29, 0.717) is 6.42 Å². The first-order valence-corrected chi connectivity index (χ1v) is 12.1. The van der Waals surface area contributed by atoms with Gasteiger partial charge in [0.05, 0.1) is 4.90 Å². The molecule has 0 aliphatic heterocycles. The highest BCUT2D eigenvalue weighted by Gasteiger charge is 2.18. The molecule has 4 nitrogen and oxygen atoms in total. The van der Waals surface area contributed by atoms with Gasteiger partial charge in [-0.3, -0.25) is 4.55 Å². The summed E-state index contributed by atoms with van der Waals surface area (Å²) in [5.74, 6) is 0. The zero-order valence-electron chi connectivity index (χ0n) is 17.6. The van der Waals surface area contributed by atoms with Gasteiger partial charge in [-0.25, -0.2) is 0 Å². The molecule has 0 heterocycles. The van der Waals surface area contributed by atoms with Gasteiger partial charge in [-0.15, -0.1) is 0 Å². The Morgan fingerprint density at radius 3 is 1.83 bits per heavy atom. The van der Waals surface area contributed by atoms with Gasteiger partial charge in [-0.1, -0.05) is 107 Å². The van der Waals surface area contributed by atoms with Gasteiger partial charge in [-0.05, 0) is 35.6 Å². The van der Waals surface area contributed by atoms with Gasteiger partial charge >= 0.3 is 0 Å². The van der Waals surface area contributed by atoms with Crippen LogP contribution in [0, 0.1) is 0 Å². The number of hydrogen-bond acceptors (Lipinski definition) is 2. The molecule has 0 bridgehead atoms. The van der Waals surface area contributed by atoms with Crippen molar-refractivity contribution in [2.24, 2.45) is 0 Å². The van der Waals surface area contributed by atoms with Crippen molar-refractivity contribution >= 4 is 10.1 Å². The molecule has 0 amide bonds. The average molecular weight is 421 g/mol. The Balaban J connectivity index is 0.00000420. The van der Waals surface area contributed by atoms with E-state index >= 15 is 0 Å². The first-order chi connectivity index (χ1) is 13.5. The third-order valence-corrected chi connectivity index (χ3v) is 6.21. The highest BCUT2D eigenvalue weighted by Crippen LogP contribution is 2.30. The second-order valence-electron chi connectivity index (χ2n) is 7.56. The molecule has 0 atom stereocenters. The average Bonchev–Trinajstić information content (AvgIpc) is 2.69. The lowest BCUT2D eigenvalue weighted by molar-refractivity contribution is 0.481. The van der Waals surface area contributed by atoms with Crippen LogP contribution < -0.4 is 0 Å². The third kappa shape index (κ3) is 8.69. The smallest absolute Gasteiger partial charge is 0.294 e. The van der Waals surface area contributed by atoms with Crippen molar-refractivity contribution in [1.82, 2.24) is 0 Å². The monoisotopic (exact) mass is 420 g/mol. The van der Waals surface area contributed by atoms with Crippen molar-refractivity contribution in [3.63, 3.8) is 0 Å². The van der Waals surface area contributed by atoms with E-state index in [1.54, 1.807) is 6.07 Å². The number of hydrogen-bond donors (Lipinski definition) is 1. The van der Waals surface area contributed by atoms with Gasteiger partial charge in [0, 0.05) is 0 Å². The summed E-state index contributed by atoms with van der Waals surface area (Å²) in [5, 5.41) is 0. The van der Waals surface area contributed by atoms with E-state index in [0.717, 1.165) is 29.5 Å². The van der Waals surface area contributed by atoms with Gasteiger partial charge < -0.3 is 5.48 Å². The maximum Gasteiger partial charge on any atom is 0.294 e. The zero-order valence-corrected chi connectivity index (χ0v) is 18.4. The SMILES string of the molecule is CCCCCCCCCCCCc1c(-c2ccccc2)cccc1S(=O)(=O)O.O. The van der Waals surface area contributed by atoms with E-state index in [9.17, 15) is 13.0 Å². The highest BCUT2D eigenvalue weighted by atomic mass is 32.2. The Bertz CT molecular complexity index is 801. The number of benzene rings is 2. The highest BCUT2D eigenvalue weighted by molar-refractivity contribution is 7.85. The van der Waals surface area contributed by atoms with Crippen molar-refractivity contribution in [2.45, 2.75) is 82.4 Å². The maximum atomic E-state index is 11.9. The summed E-state index contributed by atoms with van der Waals surface area (Å²) in [4.78, 5) is 0.0461. The molecule has 5 heteroatoms. The second-order valence-corrected chi connectivity index (χ2v) is 8.95. The molecular weight excluding hydrogens is 384 g/mol. The van der Waals surface area contributed by atoms with E-state index in [4.69, 9.17) is 0 Å². The fourth-order valence-corrected chi connectivity index (χ4v) is 4.52. The van der Waals surface area contributed by atoms with Gasteiger partial charge in [-0.2, -0.15) is 8.42 Å². The molecule has 0 radical (unpaired) electrons. The Morgan fingerprint density at radius 1 is 0.724 bits per heavy atom. The van der Waals surface area contributed by atoms with Crippen molar-refractivity contribution < 1.29 is 18.4 Å². The lowest BCUT2D eigenvalue weighted by Crippen LogP contribution is -2.05. The van der Waals surface area contributed by atoms with Crippen molar-refractivity contribution in [2.75, 3.05) is 0 Å². The zero-order chi connectivity index (χ0) is 20.2. The molecule has 3 N–H and O–H groups in total. The first kappa shape index (κ1) is 25.3. The molecule has 2 rings (SSSR count). The first-order valence-electron chi connectivity index (χ1n) is 10.7. The lowest BCUT2D eigenvalue weighted by Gasteiger charge is -2.14. The molecule has 2 aromatic rings. The molecule has 0 aromatic heterocycles. The Labute approximate surface area is 176 Å². The summed E-state index contributed by atoms with van der Waals surface area (Å²) in [5.41, 5.74) is 2.61. The van der Waals surface area contributed by atoms with E-state index in [1.807, 2.05) is 36.4 Å². The molecule has 0 saturated carbocycles. The molecule has 29 heavy (non-hydrogen) atoms. The summed E-state index contributed by atoms with van der Waals surface area (Å²) in [6.45, 7) is 2.24. The number of rotatable bonds is 13. The summed E-state index contributed by atoms with van der Waals surface area (Å²) >= 11 is 0. The minimum Gasteiger partial charge on any atom is -0.412 e. The third-order valence-electron chi connectivity index (χ3n) is 5.28. The van der Waals surface area contributed by atoms with Crippen LogP contribution in [0.3, 0.4) is 0 Å². The molecule has 162 valence electrons. The quantitative estimate of drug-likeness (QED) is 0.307. The fraction of sp³-hybridized carbons (Fsp3) is 0.500. The van der Waals surface area contributed by atoms with Crippen molar-refractivity contribution in [3.8, 4) is 11.1 Å². The van der Waals surface area contributed by atoms with Crippen LogP contribution in [-0.2, 0) is 16.5 Å². The van der Waals surface area contributed by atoms with Gasteiger partial charge in [0.15, 0.2) is 0 Å². The van der Waals surface area contributed by atoms with Crippen LogP contribution >= 0.6 is 0 Å².